The summed E-state index contributed by atoms with van der Waals surface area (Å²) in [6, 6.07) is 16.6. The van der Waals surface area contributed by atoms with Gasteiger partial charge in [-0.15, -0.1) is 0 Å². The smallest absolute Gasteiger partial charge is 0.295 e. The van der Waals surface area contributed by atoms with E-state index in [-0.39, 0.29) is 22.2 Å². The van der Waals surface area contributed by atoms with Gasteiger partial charge in [0.05, 0.1) is 40.4 Å². The summed E-state index contributed by atoms with van der Waals surface area (Å²) in [6.07, 6.45) is 0. The number of carbonyl (C=O) groups is 1. The summed E-state index contributed by atoms with van der Waals surface area (Å²) in [4.78, 5) is 40.9. The molecule has 0 spiro atoms. The molecule has 0 bridgehead atoms. The molecule has 0 aliphatic heterocycles. The number of nitro benzene ring substituents is 1. The number of nitrogens with zero attached hydrogens (tertiary/aromatic N) is 3. The van der Waals surface area contributed by atoms with E-state index in [9.17, 15) is 24.1 Å². The lowest BCUT2D eigenvalue weighted by Crippen LogP contribution is -2.23. The van der Waals surface area contributed by atoms with Gasteiger partial charge >= 0.3 is 0 Å². The third-order valence-electron chi connectivity index (χ3n) is 4.83. The van der Waals surface area contributed by atoms with Crippen molar-refractivity contribution in [1.29, 1.82) is 0 Å². The molecular weight excluding hydrogens is 463 g/mol. The maximum atomic E-state index is 13.4. The Morgan fingerprint density at radius 2 is 1.91 bits per heavy atom. The van der Waals surface area contributed by atoms with E-state index < -0.39 is 22.3 Å². The van der Waals surface area contributed by atoms with Crippen LogP contribution in [0.3, 0.4) is 0 Å². The average Bonchev–Trinajstić information content (AvgIpc) is 2.84. The first-order valence-corrected chi connectivity index (χ1v) is 10.9. The SMILES string of the molecule is COc1ccccc1-n1c(SCC(=O)Nc2ccc(F)cc2[N+](=O)[O-])nc2ccccc2c1=O. The van der Waals surface area contributed by atoms with Crippen LogP contribution in [0.1, 0.15) is 0 Å². The number of fused-ring (bicyclic) bond motifs is 1. The molecule has 0 unspecified atom stereocenters. The van der Waals surface area contributed by atoms with Crippen LogP contribution in [0.25, 0.3) is 16.6 Å². The Labute approximate surface area is 196 Å². The van der Waals surface area contributed by atoms with Crippen molar-refractivity contribution in [2.75, 3.05) is 18.2 Å². The number of nitrogens with one attached hydrogen (secondary N) is 1. The summed E-state index contributed by atoms with van der Waals surface area (Å²) < 4.78 is 20.1. The number of halogens is 1. The molecular formula is C23H17FN4O5S. The van der Waals surface area contributed by atoms with Crippen molar-refractivity contribution in [3.63, 3.8) is 0 Å². The zero-order valence-electron chi connectivity index (χ0n) is 17.7. The normalized spacial score (nSPS) is 10.8. The summed E-state index contributed by atoms with van der Waals surface area (Å²) in [5.74, 6) is -1.15. The Morgan fingerprint density at radius 1 is 1.18 bits per heavy atom. The minimum absolute atomic E-state index is 0.134. The second kappa shape index (κ2) is 9.71. The lowest BCUT2D eigenvalue weighted by atomic mass is 10.2. The van der Waals surface area contributed by atoms with Gasteiger partial charge in [0.25, 0.3) is 11.2 Å². The Morgan fingerprint density at radius 3 is 2.68 bits per heavy atom. The summed E-state index contributed by atoms with van der Waals surface area (Å²) in [5, 5.41) is 14.2. The van der Waals surface area contributed by atoms with Gasteiger partial charge in [0.15, 0.2) is 5.16 Å². The van der Waals surface area contributed by atoms with Crippen molar-refractivity contribution in [1.82, 2.24) is 9.55 Å². The summed E-state index contributed by atoms with van der Waals surface area (Å²) in [7, 11) is 1.48. The average molecular weight is 480 g/mol. The van der Waals surface area contributed by atoms with Crippen LogP contribution in [-0.4, -0.2) is 33.2 Å². The molecule has 0 atom stereocenters. The number of anilines is 1. The van der Waals surface area contributed by atoms with Gasteiger partial charge in [-0.25, -0.2) is 9.37 Å². The zero-order valence-corrected chi connectivity index (χ0v) is 18.5. The van der Waals surface area contributed by atoms with Crippen molar-refractivity contribution >= 4 is 39.9 Å². The van der Waals surface area contributed by atoms with Crippen LogP contribution >= 0.6 is 11.8 Å². The van der Waals surface area contributed by atoms with E-state index >= 15 is 0 Å². The van der Waals surface area contributed by atoms with Crippen molar-refractivity contribution < 1.29 is 18.8 Å². The van der Waals surface area contributed by atoms with Gasteiger partial charge in [-0.1, -0.05) is 36.0 Å². The second-order valence-electron chi connectivity index (χ2n) is 6.98. The Bertz CT molecular complexity index is 1470. The predicted octanol–water partition coefficient (Wildman–Crippen LogP) is 4.17. The monoisotopic (exact) mass is 480 g/mol. The molecule has 172 valence electrons. The predicted molar refractivity (Wildman–Crippen MR) is 126 cm³/mol. The minimum Gasteiger partial charge on any atom is -0.495 e. The largest absolute Gasteiger partial charge is 0.495 e. The van der Waals surface area contributed by atoms with Crippen LogP contribution in [0, 0.1) is 15.9 Å². The number of rotatable bonds is 7. The number of benzene rings is 3. The molecule has 4 aromatic rings. The molecule has 4 rings (SSSR count). The number of para-hydroxylation sites is 3. The second-order valence-corrected chi connectivity index (χ2v) is 7.92. The van der Waals surface area contributed by atoms with Gasteiger partial charge in [0.2, 0.25) is 5.91 Å². The van der Waals surface area contributed by atoms with Gasteiger partial charge in [-0.3, -0.25) is 24.3 Å². The van der Waals surface area contributed by atoms with Crippen LogP contribution in [0.2, 0.25) is 0 Å². The summed E-state index contributed by atoms with van der Waals surface area (Å²) in [5.41, 5.74) is -0.132. The van der Waals surface area contributed by atoms with Crippen molar-refractivity contribution in [2.24, 2.45) is 0 Å². The molecule has 34 heavy (non-hydrogen) atoms. The quantitative estimate of drug-likeness (QED) is 0.183. The highest BCUT2D eigenvalue weighted by molar-refractivity contribution is 7.99. The van der Waals surface area contributed by atoms with E-state index in [1.165, 1.54) is 11.7 Å². The molecule has 9 nitrogen and oxygen atoms in total. The molecule has 1 aromatic heterocycles. The molecule has 11 heteroatoms. The number of hydrogen-bond donors (Lipinski definition) is 1. The van der Waals surface area contributed by atoms with E-state index in [1.54, 1.807) is 48.5 Å². The molecule has 0 saturated heterocycles. The fourth-order valence-electron chi connectivity index (χ4n) is 3.31. The number of amides is 1. The van der Waals surface area contributed by atoms with Crippen LogP contribution in [0.4, 0.5) is 15.8 Å². The van der Waals surface area contributed by atoms with Gasteiger partial charge in [-0.05, 0) is 36.4 Å². The van der Waals surface area contributed by atoms with Crippen LogP contribution < -0.4 is 15.6 Å². The third kappa shape index (κ3) is 4.59. The Hall–Kier alpha value is -4.25. The van der Waals surface area contributed by atoms with Crippen molar-refractivity contribution in [3.05, 3.63) is 93.0 Å². The van der Waals surface area contributed by atoms with E-state index in [4.69, 9.17) is 4.74 Å². The van der Waals surface area contributed by atoms with E-state index in [0.29, 0.717) is 22.3 Å². The minimum atomic E-state index is -0.791. The molecule has 1 heterocycles. The maximum absolute atomic E-state index is 13.4. The molecule has 0 aliphatic rings. The number of hydrogen-bond acceptors (Lipinski definition) is 7. The van der Waals surface area contributed by atoms with Crippen molar-refractivity contribution in [2.45, 2.75) is 5.16 Å². The molecule has 1 N–H and O–H groups in total. The molecule has 0 fully saturated rings. The topological polar surface area (TPSA) is 116 Å². The van der Waals surface area contributed by atoms with Crippen LogP contribution in [0.5, 0.6) is 5.75 Å². The third-order valence-corrected chi connectivity index (χ3v) is 5.77. The molecule has 0 saturated carbocycles. The fraction of sp³-hybridized carbons (Fsp3) is 0.0870. The highest BCUT2D eigenvalue weighted by Gasteiger charge is 2.20. The molecule has 3 aromatic carbocycles. The first-order valence-electron chi connectivity index (χ1n) is 9.91. The molecule has 0 aliphatic carbocycles. The fourth-order valence-corrected chi connectivity index (χ4v) is 4.12. The maximum Gasteiger partial charge on any atom is 0.295 e. The number of methoxy groups -OCH3 is 1. The molecule has 0 radical (unpaired) electrons. The van der Waals surface area contributed by atoms with E-state index in [0.717, 1.165) is 30.0 Å². The number of aromatic nitrogens is 2. The van der Waals surface area contributed by atoms with E-state index in [2.05, 4.69) is 10.3 Å². The van der Waals surface area contributed by atoms with Gasteiger partial charge in [0.1, 0.15) is 17.3 Å². The first kappa shape index (κ1) is 22.9. The van der Waals surface area contributed by atoms with Crippen LogP contribution in [0.15, 0.2) is 76.7 Å². The number of carbonyl (C=O) groups excluding carboxylic acids is 1. The highest BCUT2D eigenvalue weighted by Crippen LogP contribution is 2.28. The number of ether oxygens (including phenoxy) is 1. The summed E-state index contributed by atoms with van der Waals surface area (Å²) in [6.45, 7) is 0. The Kier molecular flexibility index (Phi) is 6.55. The van der Waals surface area contributed by atoms with Gasteiger partial charge < -0.3 is 10.1 Å². The lowest BCUT2D eigenvalue weighted by molar-refractivity contribution is -0.384. The summed E-state index contributed by atoms with van der Waals surface area (Å²) >= 11 is 0.975. The number of thioether (sulfide) groups is 1. The van der Waals surface area contributed by atoms with Gasteiger partial charge in [0, 0.05) is 0 Å². The zero-order chi connectivity index (χ0) is 24.2. The lowest BCUT2D eigenvalue weighted by Gasteiger charge is -2.15. The Balaban J connectivity index is 1.69. The first-order chi connectivity index (χ1) is 16.4. The van der Waals surface area contributed by atoms with E-state index in [1.807, 2.05) is 0 Å². The van der Waals surface area contributed by atoms with Gasteiger partial charge in [-0.2, -0.15) is 0 Å². The van der Waals surface area contributed by atoms with Crippen LogP contribution in [-0.2, 0) is 4.79 Å². The highest BCUT2D eigenvalue weighted by atomic mass is 32.2. The van der Waals surface area contributed by atoms with Crippen molar-refractivity contribution in [3.8, 4) is 11.4 Å². The standard InChI is InChI=1S/C23H17FN4O5S/c1-33-20-9-5-4-8-18(20)27-22(30)15-6-2-3-7-16(15)26-23(27)34-13-21(29)25-17-11-10-14(24)12-19(17)28(31)32/h2-12H,13H2,1H3,(H,25,29). The molecule has 1 amide bonds. The number of nitro groups is 1.